The molecule has 0 bridgehead atoms. The average molecular weight is 302 g/mol. The maximum absolute atomic E-state index is 12.8. The van der Waals surface area contributed by atoms with Gasteiger partial charge in [0.05, 0.1) is 0 Å². The van der Waals surface area contributed by atoms with Gasteiger partial charge in [-0.25, -0.2) is 0 Å². The zero-order valence-corrected chi connectivity index (χ0v) is 13.5. The molecule has 4 heteroatoms. The van der Waals surface area contributed by atoms with Crippen molar-refractivity contribution in [3.05, 3.63) is 35.9 Å². The Balaban J connectivity index is 2.18. The summed E-state index contributed by atoms with van der Waals surface area (Å²) in [5.74, 6) is -0.0352. The number of carbonyl (C=O) groups is 2. The molecule has 1 aliphatic heterocycles. The van der Waals surface area contributed by atoms with Crippen molar-refractivity contribution in [2.75, 3.05) is 13.1 Å². The van der Waals surface area contributed by atoms with Crippen LogP contribution < -0.4 is 5.32 Å². The van der Waals surface area contributed by atoms with E-state index >= 15 is 0 Å². The lowest BCUT2D eigenvalue weighted by molar-refractivity contribution is -0.137. The molecule has 2 rings (SSSR count). The molecule has 0 spiro atoms. The molecule has 2 amide bonds. The molecule has 0 unspecified atom stereocenters. The summed E-state index contributed by atoms with van der Waals surface area (Å²) in [5, 5.41) is 2.98. The molecule has 0 aromatic heterocycles. The third-order valence-corrected chi connectivity index (χ3v) is 4.44. The van der Waals surface area contributed by atoms with Crippen LogP contribution in [0.25, 0.3) is 0 Å². The lowest BCUT2D eigenvalue weighted by Crippen LogP contribution is -2.43. The second-order valence-electron chi connectivity index (χ2n) is 5.90. The summed E-state index contributed by atoms with van der Waals surface area (Å²) in [5.41, 5.74) is 0.860. The average Bonchev–Trinajstić information content (AvgIpc) is 3.08. The monoisotopic (exact) mass is 302 g/mol. The van der Waals surface area contributed by atoms with Crippen molar-refractivity contribution in [3.8, 4) is 0 Å². The Morgan fingerprint density at radius 2 is 1.68 bits per heavy atom. The van der Waals surface area contributed by atoms with Gasteiger partial charge in [-0.2, -0.15) is 0 Å². The van der Waals surface area contributed by atoms with Crippen molar-refractivity contribution >= 4 is 11.8 Å². The van der Waals surface area contributed by atoms with Gasteiger partial charge in [0.1, 0.15) is 6.04 Å². The predicted molar refractivity (Wildman–Crippen MR) is 87.2 cm³/mol. The topological polar surface area (TPSA) is 49.4 Å². The lowest BCUT2D eigenvalue weighted by atomic mass is 10.00. The fourth-order valence-corrected chi connectivity index (χ4v) is 2.97. The largest absolute Gasteiger partial charge is 0.341 e. The molecular weight excluding hydrogens is 276 g/mol. The van der Waals surface area contributed by atoms with E-state index in [4.69, 9.17) is 0 Å². The zero-order chi connectivity index (χ0) is 15.9. The van der Waals surface area contributed by atoms with Crippen LogP contribution in [0.1, 0.15) is 51.1 Å². The highest BCUT2D eigenvalue weighted by Crippen LogP contribution is 2.20. The summed E-state index contributed by atoms with van der Waals surface area (Å²) in [6, 6.07) is 8.99. The number of hydrogen-bond acceptors (Lipinski definition) is 2. The van der Waals surface area contributed by atoms with Gasteiger partial charge in [0.2, 0.25) is 11.8 Å². The lowest BCUT2D eigenvalue weighted by Gasteiger charge is -2.26. The number of hydrogen-bond donors (Lipinski definition) is 1. The van der Waals surface area contributed by atoms with Crippen molar-refractivity contribution in [2.45, 2.75) is 45.6 Å². The first-order valence-corrected chi connectivity index (χ1v) is 8.31. The van der Waals surface area contributed by atoms with Crippen LogP contribution in [0.4, 0.5) is 0 Å². The van der Waals surface area contributed by atoms with Gasteiger partial charge in [-0.1, -0.05) is 44.2 Å². The molecule has 0 saturated carbocycles. The first kappa shape index (κ1) is 16.5. The van der Waals surface area contributed by atoms with Crippen LogP contribution in [0, 0.1) is 5.92 Å². The zero-order valence-electron chi connectivity index (χ0n) is 13.5. The van der Waals surface area contributed by atoms with Gasteiger partial charge in [0.25, 0.3) is 0 Å². The van der Waals surface area contributed by atoms with Crippen LogP contribution in [-0.2, 0) is 9.59 Å². The number of likely N-dealkylation sites (tertiary alicyclic amines) is 1. The third kappa shape index (κ3) is 3.87. The molecule has 0 aliphatic carbocycles. The Hall–Kier alpha value is -1.84. The van der Waals surface area contributed by atoms with E-state index in [2.05, 4.69) is 5.32 Å². The summed E-state index contributed by atoms with van der Waals surface area (Å²) in [6.45, 7) is 5.60. The Kier molecular flexibility index (Phi) is 5.99. The molecule has 1 N–H and O–H groups in total. The van der Waals surface area contributed by atoms with Crippen molar-refractivity contribution in [1.29, 1.82) is 0 Å². The summed E-state index contributed by atoms with van der Waals surface area (Å²) < 4.78 is 0. The molecular formula is C18H26N2O2. The number of nitrogens with one attached hydrogen (secondary N) is 1. The second kappa shape index (κ2) is 7.97. The van der Waals surface area contributed by atoms with E-state index in [9.17, 15) is 9.59 Å². The third-order valence-electron chi connectivity index (χ3n) is 4.44. The van der Waals surface area contributed by atoms with Crippen LogP contribution in [0.3, 0.4) is 0 Å². The van der Waals surface area contributed by atoms with Crippen LogP contribution >= 0.6 is 0 Å². The van der Waals surface area contributed by atoms with Crippen molar-refractivity contribution in [2.24, 2.45) is 5.92 Å². The van der Waals surface area contributed by atoms with E-state index < -0.39 is 6.04 Å². The van der Waals surface area contributed by atoms with Gasteiger partial charge in [-0.15, -0.1) is 0 Å². The van der Waals surface area contributed by atoms with Crippen LogP contribution in [0.2, 0.25) is 0 Å². The van der Waals surface area contributed by atoms with Gasteiger partial charge >= 0.3 is 0 Å². The van der Waals surface area contributed by atoms with Crippen LogP contribution in [-0.4, -0.2) is 29.8 Å². The summed E-state index contributed by atoms with van der Waals surface area (Å²) in [6.07, 6.45) is 3.69. The molecule has 22 heavy (non-hydrogen) atoms. The highest BCUT2D eigenvalue weighted by molar-refractivity contribution is 5.89. The highest BCUT2D eigenvalue weighted by Gasteiger charge is 2.30. The molecule has 1 aromatic rings. The van der Waals surface area contributed by atoms with Crippen molar-refractivity contribution in [3.63, 3.8) is 0 Å². The predicted octanol–water partition coefficient (Wildman–Crippen LogP) is 2.90. The van der Waals surface area contributed by atoms with Crippen LogP contribution in [0.15, 0.2) is 30.3 Å². The minimum atomic E-state index is -0.563. The van der Waals surface area contributed by atoms with Gasteiger partial charge in [0.15, 0.2) is 0 Å². The number of amides is 2. The number of carbonyl (C=O) groups excluding carboxylic acids is 2. The first-order chi connectivity index (χ1) is 10.7. The Labute approximate surface area is 132 Å². The Bertz CT molecular complexity index is 491. The molecule has 1 saturated heterocycles. The van der Waals surface area contributed by atoms with Gasteiger partial charge in [-0.05, 0) is 31.2 Å². The standard InChI is InChI=1S/C18H26N2O2/c1-3-14(4-2)17(21)19-16(15-10-6-5-7-11-15)18(22)20-12-8-9-13-20/h5-7,10-11,14,16H,3-4,8-9,12-13H2,1-2H3,(H,19,21)/t16-/m0/s1. The summed E-state index contributed by atoms with van der Waals surface area (Å²) in [4.78, 5) is 27.1. The SMILES string of the molecule is CCC(CC)C(=O)N[C@H](C(=O)N1CCCC1)c1ccccc1. The maximum Gasteiger partial charge on any atom is 0.249 e. The highest BCUT2D eigenvalue weighted by atomic mass is 16.2. The molecule has 0 radical (unpaired) electrons. The smallest absolute Gasteiger partial charge is 0.249 e. The minimum Gasteiger partial charge on any atom is -0.341 e. The Morgan fingerprint density at radius 1 is 1.09 bits per heavy atom. The number of rotatable bonds is 6. The van der Waals surface area contributed by atoms with Crippen molar-refractivity contribution in [1.82, 2.24) is 10.2 Å². The molecule has 120 valence electrons. The summed E-state index contributed by atoms with van der Waals surface area (Å²) in [7, 11) is 0. The molecule has 1 fully saturated rings. The Morgan fingerprint density at radius 3 is 2.23 bits per heavy atom. The van der Waals surface area contributed by atoms with E-state index in [1.165, 1.54) is 0 Å². The molecule has 1 heterocycles. The first-order valence-electron chi connectivity index (χ1n) is 8.31. The number of nitrogens with zero attached hydrogens (tertiary/aromatic N) is 1. The maximum atomic E-state index is 12.8. The quantitative estimate of drug-likeness (QED) is 0.878. The van der Waals surface area contributed by atoms with E-state index in [0.29, 0.717) is 0 Å². The second-order valence-corrected chi connectivity index (χ2v) is 5.90. The van der Waals surface area contributed by atoms with Crippen molar-refractivity contribution < 1.29 is 9.59 Å². The summed E-state index contributed by atoms with van der Waals surface area (Å²) >= 11 is 0. The fourth-order valence-electron chi connectivity index (χ4n) is 2.97. The van der Waals surface area contributed by atoms with Gasteiger partial charge < -0.3 is 10.2 Å². The van der Waals surface area contributed by atoms with E-state index in [1.807, 2.05) is 49.1 Å². The normalized spacial score (nSPS) is 15.9. The van der Waals surface area contributed by atoms with E-state index in [0.717, 1.165) is 44.3 Å². The molecule has 1 aromatic carbocycles. The minimum absolute atomic E-state index is 0.0167. The molecule has 4 nitrogen and oxygen atoms in total. The van der Waals surface area contributed by atoms with Gasteiger partial charge in [-0.3, -0.25) is 9.59 Å². The van der Waals surface area contributed by atoms with Crippen LogP contribution in [0.5, 0.6) is 0 Å². The molecule has 1 aliphatic rings. The van der Waals surface area contributed by atoms with Gasteiger partial charge in [0, 0.05) is 19.0 Å². The fraction of sp³-hybridized carbons (Fsp3) is 0.556. The van der Waals surface area contributed by atoms with E-state index in [-0.39, 0.29) is 17.7 Å². The number of benzene rings is 1. The molecule has 1 atom stereocenters. The van der Waals surface area contributed by atoms with E-state index in [1.54, 1.807) is 0 Å².